The van der Waals surface area contributed by atoms with Gasteiger partial charge in [-0.2, -0.15) is 0 Å². The summed E-state index contributed by atoms with van der Waals surface area (Å²) in [6.07, 6.45) is 6.41. The number of nitrogens with one attached hydrogen (secondary N) is 1. The van der Waals surface area contributed by atoms with Gasteiger partial charge in [-0.15, -0.1) is 0 Å². The van der Waals surface area contributed by atoms with Gasteiger partial charge in [-0.05, 0) is 44.4 Å². The van der Waals surface area contributed by atoms with E-state index in [-0.39, 0.29) is 5.78 Å². The first kappa shape index (κ1) is 12.0. The van der Waals surface area contributed by atoms with Gasteiger partial charge in [-0.1, -0.05) is 13.8 Å². The van der Waals surface area contributed by atoms with E-state index in [1.165, 1.54) is 13.0 Å². The van der Waals surface area contributed by atoms with Crippen LogP contribution in [0.15, 0.2) is 23.9 Å². The first-order valence-corrected chi connectivity index (χ1v) is 5.33. The Morgan fingerprint density at radius 2 is 2.40 bits per heavy atom. The summed E-state index contributed by atoms with van der Waals surface area (Å²) in [5.74, 6) is 0.489. The average molecular weight is 209 g/mol. The predicted molar refractivity (Wildman–Crippen MR) is 60.0 cm³/mol. The van der Waals surface area contributed by atoms with Crippen molar-refractivity contribution in [3.05, 3.63) is 23.9 Å². The molecule has 2 unspecified atom stereocenters. The van der Waals surface area contributed by atoms with Crippen LogP contribution in [0.5, 0.6) is 0 Å². The Morgan fingerprint density at radius 1 is 1.73 bits per heavy atom. The molecule has 1 aliphatic rings. The molecular weight excluding hydrogens is 190 g/mol. The molecular formula is C12H19NO2. The van der Waals surface area contributed by atoms with Crippen LogP contribution < -0.4 is 5.48 Å². The molecule has 0 aromatic rings. The highest BCUT2D eigenvalue weighted by atomic mass is 16.7. The summed E-state index contributed by atoms with van der Waals surface area (Å²) in [4.78, 5) is 16.3. The van der Waals surface area contributed by atoms with E-state index in [1.807, 2.05) is 13.0 Å². The second-order valence-corrected chi connectivity index (χ2v) is 4.24. The molecule has 2 atom stereocenters. The third kappa shape index (κ3) is 3.20. The van der Waals surface area contributed by atoms with E-state index < -0.39 is 5.60 Å². The molecule has 0 fully saturated rings. The second-order valence-electron chi connectivity index (χ2n) is 4.24. The highest BCUT2D eigenvalue weighted by Crippen LogP contribution is 2.26. The Labute approximate surface area is 91.1 Å². The lowest BCUT2D eigenvalue weighted by Gasteiger charge is -2.14. The maximum Gasteiger partial charge on any atom is 0.152 e. The van der Waals surface area contributed by atoms with Gasteiger partial charge in [0.2, 0.25) is 0 Å². The molecule has 3 heteroatoms. The molecule has 0 saturated heterocycles. The molecule has 84 valence electrons. The van der Waals surface area contributed by atoms with E-state index in [0.717, 1.165) is 12.1 Å². The number of hydrogen-bond acceptors (Lipinski definition) is 3. The summed E-state index contributed by atoms with van der Waals surface area (Å²) in [5, 5.41) is 0. The van der Waals surface area contributed by atoms with Crippen molar-refractivity contribution in [1.82, 2.24) is 5.48 Å². The molecule has 1 rings (SSSR count). The average Bonchev–Trinajstić information content (AvgIpc) is 2.58. The van der Waals surface area contributed by atoms with E-state index >= 15 is 0 Å². The number of allylic oxidation sites excluding steroid dienone is 2. The van der Waals surface area contributed by atoms with E-state index in [2.05, 4.69) is 19.3 Å². The highest BCUT2D eigenvalue weighted by Gasteiger charge is 2.28. The minimum atomic E-state index is -0.496. The molecule has 15 heavy (non-hydrogen) atoms. The Kier molecular flexibility index (Phi) is 3.69. The molecule has 3 nitrogen and oxygen atoms in total. The smallest absolute Gasteiger partial charge is 0.152 e. The molecule has 0 saturated carbocycles. The SMILES string of the molecule is CCC(C)C1=CC(C)(C=CC(C)=O)ON1. The van der Waals surface area contributed by atoms with Gasteiger partial charge in [0.05, 0.1) is 0 Å². The number of carbonyl (C=O) groups excluding carboxylic acids is 1. The molecule has 0 amide bonds. The molecule has 0 aromatic carbocycles. The molecule has 0 spiro atoms. The van der Waals surface area contributed by atoms with Gasteiger partial charge in [0.25, 0.3) is 0 Å². The number of ketones is 1. The number of rotatable bonds is 4. The van der Waals surface area contributed by atoms with Crippen molar-refractivity contribution >= 4 is 5.78 Å². The first-order valence-electron chi connectivity index (χ1n) is 5.33. The molecule has 0 radical (unpaired) electrons. The quantitative estimate of drug-likeness (QED) is 0.722. The van der Waals surface area contributed by atoms with Crippen LogP contribution in [-0.2, 0) is 9.63 Å². The summed E-state index contributed by atoms with van der Waals surface area (Å²) in [7, 11) is 0. The topological polar surface area (TPSA) is 38.3 Å². The van der Waals surface area contributed by atoms with Crippen molar-refractivity contribution in [2.24, 2.45) is 5.92 Å². The molecule has 1 heterocycles. The van der Waals surface area contributed by atoms with Gasteiger partial charge in [-0.25, -0.2) is 0 Å². The number of hydrogen-bond donors (Lipinski definition) is 1. The fourth-order valence-electron chi connectivity index (χ4n) is 1.36. The minimum Gasteiger partial charge on any atom is -0.295 e. The van der Waals surface area contributed by atoms with Crippen molar-refractivity contribution in [3.8, 4) is 0 Å². The fraction of sp³-hybridized carbons (Fsp3) is 0.583. The standard InChI is InChI=1S/C12H19NO2/c1-5-9(2)11-8-12(4,15-13-11)7-6-10(3)14/h6-9,13H,5H2,1-4H3. The molecule has 0 bridgehead atoms. The van der Waals surface area contributed by atoms with Gasteiger partial charge < -0.3 is 0 Å². The van der Waals surface area contributed by atoms with Crippen LogP contribution >= 0.6 is 0 Å². The van der Waals surface area contributed by atoms with Crippen molar-refractivity contribution in [3.63, 3.8) is 0 Å². The van der Waals surface area contributed by atoms with Crippen molar-refractivity contribution in [1.29, 1.82) is 0 Å². The molecule has 0 aliphatic carbocycles. The third-order valence-electron chi connectivity index (χ3n) is 2.62. The van der Waals surface area contributed by atoms with Gasteiger partial charge >= 0.3 is 0 Å². The zero-order valence-corrected chi connectivity index (χ0v) is 9.83. The Morgan fingerprint density at radius 3 is 2.93 bits per heavy atom. The maximum absolute atomic E-state index is 10.8. The maximum atomic E-state index is 10.8. The Balaban J connectivity index is 2.74. The van der Waals surface area contributed by atoms with E-state index in [1.54, 1.807) is 6.08 Å². The van der Waals surface area contributed by atoms with Gasteiger partial charge in [0, 0.05) is 5.70 Å². The van der Waals surface area contributed by atoms with Gasteiger partial charge in [0.1, 0.15) is 5.60 Å². The highest BCUT2D eigenvalue weighted by molar-refractivity contribution is 5.87. The van der Waals surface area contributed by atoms with Gasteiger partial charge in [-0.3, -0.25) is 15.1 Å². The lowest BCUT2D eigenvalue weighted by Crippen LogP contribution is -2.23. The zero-order valence-electron chi connectivity index (χ0n) is 9.83. The summed E-state index contributed by atoms with van der Waals surface area (Å²) >= 11 is 0. The van der Waals surface area contributed by atoms with Crippen LogP contribution in [0.3, 0.4) is 0 Å². The van der Waals surface area contributed by atoms with Crippen LogP contribution in [0.4, 0.5) is 0 Å². The van der Waals surface area contributed by atoms with Crippen molar-refractivity contribution in [2.75, 3.05) is 0 Å². The fourth-order valence-corrected chi connectivity index (χ4v) is 1.36. The largest absolute Gasteiger partial charge is 0.295 e. The Bertz CT molecular complexity index is 307. The normalized spacial score (nSPS) is 27.6. The van der Waals surface area contributed by atoms with Crippen LogP contribution in [-0.4, -0.2) is 11.4 Å². The molecule has 1 N–H and O–H groups in total. The summed E-state index contributed by atoms with van der Waals surface area (Å²) in [5.41, 5.74) is 3.52. The number of carbonyl (C=O) groups is 1. The minimum absolute atomic E-state index is 0.0326. The first-order chi connectivity index (χ1) is 6.97. The van der Waals surface area contributed by atoms with Crippen LogP contribution in [0.2, 0.25) is 0 Å². The lowest BCUT2D eigenvalue weighted by molar-refractivity contribution is -0.112. The van der Waals surface area contributed by atoms with E-state index in [9.17, 15) is 4.79 Å². The summed E-state index contributed by atoms with van der Waals surface area (Å²) < 4.78 is 0. The van der Waals surface area contributed by atoms with Crippen LogP contribution in [0.1, 0.15) is 34.1 Å². The molecule has 1 aliphatic heterocycles. The third-order valence-corrected chi connectivity index (χ3v) is 2.62. The monoisotopic (exact) mass is 209 g/mol. The van der Waals surface area contributed by atoms with Gasteiger partial charge in [0.15, 0.2) is 5.78 Å². The van der Waals surface area contributed by atoms with Crippen LogP contribution in [0.25, 0.3) is 0 Å². The van der Waals surface area contributed by atoms with Crippen LogP contribution in [0, 0.1) is 5.92 Å². The van der Waals surface area contributed by atoms with E-state index in [0.29, 0.717) is 5.92 Å². The lowest BCUT2D eigenvalue weighted by atomic mass is 9.99. The Hall–Kier alpha value is -1.09. The van der Waals surface area contributed by atoms with Crippen molar-refractivity contribution in [2.45, 2.75) is 39.7 Å². The zero-order chi connectivity index (χ0) is 11.5. The second kappa shape index (κ2) is 4.62. The predicted octanol–water partition coefficient (Wildman–Crippen LogP) is 2.36. The van der Waals surface area contributed by atoms with E-state index in [4.69, 9.17) is 4.84 Å². The number of hydroxylamine groups is 1. The summed E-state index contributed by atoms with van der Waals surface area (Å²) in [6.45, 7) is 7.73. The summed E-state index contributed by atoms with van der Waals surface area (Å²) in [6, 6.07) is 0. The van der Waals surface area contributed by atoms with Crippen molar-refractivity contribution < 1.29 is 9.63 Å². The molecule has 0 aromatic heterocycles.